The van der Waals surface area contributed by atoms with Gasteiger partial charge in [0.2, 0.25) is 0 Å². The van der Waals surface area contributed by atoms with E-state index in [1.54, 1.807) is 18.2 Å². The lowest BCUT2D eigenvalue weighted by atomic mass is 10.2. The molecule has 2 aromatic carbocycles. The topological polar surface area (TPSA) is 64.3 Å². The van der Waals surface area contributed by atoms with Crippen LogP contribution in [0.25, 0.3) is 0 Å². The quantitative estimate of drug-likeness (QED) is 0.842. The number of ether oxygens (including phenoxy) is 1. The molecule has 1 amide bonds. The van der Waals surface area contributed by atoms with Gasteiger partial charge in [0.15, 0.2) is 11.6 Å². The normalized spacial score (nSPS) is 10.2. The van der Waals surface area contributed by atoms with Gasteiger partial charge in [-0.25, -0.2) is 4.39 Å². The monoisotopic (exact) mass is 338 g/mol. The third kappa shape index (κ3) is 3.08. The maximum atomic E-state index is 13.3. The molecule has 0 aliphatic heterocycles. The van der Waals surface area contributed by atoms with Crippen LogP contribution in [0.4, 0.5) is 15.8 Å². The minimum absolute atomic E-state index is 0.0152. The predicted octanol–water partition coefficient (Wildman–Crippen LogP) is 3.43. The first-order valence-corrected chi connectivity index (χ1v) is 6.50. The SMILES string of the molecule is COc1cc(C(=O)Nc2ccc(Br)cc2N)ccc1F. The Morgan fingerprint density at radius 1 is 1.30 bits per heavy atom. The van der Waals surface area contributed by atoms with E-state index in [0.29, 0.717) is 11.4 Å². The zero-order chi connectivity index (χ0) is 14.7. The van der Waals surface area contributed by atoms with Crippen LogP contribution in [0.2, 0.25) is 0 Å². The Balaban J connectivity index is 2.24. The van der Waals surface area contributed by atoms with E-state index in [2.05, 4.69) is 21.2 Å². The van der Waals surface area contributed by atoms with E-state index in [9.17, 15) is 9.18 Å². The van der Waals surface area contributed by atoms with Crippen molar-refractivity contribution in [3.05, 3.63) is 52.3 Å². The average molecular weight is 339 g/mol. The molecule has 0 aliphatic carbocycles. The van der Waals surface area contributed by atoms with Gasteiger partial charge in [-0.15, -0.1) is 0 Å². The van der Waals surface area contributed by atoms with Gasteiger partial charge in [-0.2, -0.15) is 0 Å². The zero-order valence-electron chi connectivity index (χ0n) is 10.6. The van der Waals surface area contributed by atoms with E-state index >= 15 is 0 Å². The van der Waals surface area contributed by atoms with Crippen molar-refractivity contribution in [3.63, 3.8) is 0 Å². The summed E-state index contributed by atoms with van der Waals surface area (Å²) in [5.74, 6) is -0.897. The van der Waals surface area contributed by atoms with Gasteiger partial charge >= 0.3 is 0 Å². The number of nitrogens with two attached hydrogens (primary N) is 1. The third-order valence-corrected chi connectivity index (χ3v) is 3.17. The van der Waals surface area contributed by atoms with Crippen molar-refractivity contribution in [1.29, 1.82) is 0 Å². The van der Waals surface area contributed by atoms with E-state index in [-0.39, 0.29) is 11.3 Å². The minimum atomic E-state index is -0.521. The van der Waals surface area contributed by atoms with E-state index < -0.39 is 11.7 Å². The van der Waals surface area contributed by atoms with Crippen molar-refractivity contribution in [2.24, 2.45) is 0 Å². The number of halogens is 2. The number of nitrogen functional groups attached to an aromatic ring is 1. The summed E-state index contributed by atoms with van der Waals surface area (Å²) in [6, 6.07) is 9.01. The maximum Gasteiger partial charge on any atom is 0.255 e. The highest BCUT2D eigenvalue weighted by Gasteiger charge is 2.11. The van der Waals surface area contributed by atoms with Crippen molar-refractivity contribution >= 4 is 33.2 Å². The van der Waals surface area contributed by atoms with Crippen LogP contribution in [0.5, 0.6) is 5.75 Å². The summed E-state index contributed by atoms with van der Waals surface area (Å²) in [5.41, 5.74) is 7.00. The minimum Gasteiger partial charge on any atom is -0.494 e. The molecule has 0 saturated carbocycles. The number of carbonyl (C=O) groups is 1. The lowest BCUT2D eigenvalue weighted by molar-refractivity contribution is 0.102. The molecule has 0 radical (unpaired) electrons. The van der Waals surface area contributed by atoms with Gasteiger partial charge in [-0.1, -0.05) is 15.9 Å². The van der Waals surface area contributed by atoms with Crippen LogP contribution < -0.4 is 15.8 Å². The van der Waals surface area contributed by atoms with Crippen molar-refractivity contribution in [2.45, 2.75) is 0 Å². The Hall–Kier alpha value is -2.08. The Bertz CT molecular complexity index is 662. The fourth-order valence-corrected chi connectivity index (χ4v) is 2.02. The Labute approximate surface area is 123 Å². The maximum absolute atomic E-state index is 13.3. The fraction of sp³-hybridized carbons (Fsp3) is 0.0714. The second-order valence-electron chi connectivity index (χ2n) is 4.04. The number of methoxy groups -OCH3 is 1. The largest absolute Gasteiger partial charge is 0.494 e. The molecule has 0 aromatic heterocycles. The van der Waals surface area contributed by atoms with E-state index in [1.807, 2.05) is 0 Å². The number of rotatable bonds is 3. The van der Waals surface area contributed by atoms with Gasteiger partial charge in [-0.05, 0) is 36.4 Å². The summed E-state index contributed by atoms with van der Waals surface area (Å²) in [6.45, 7) is 0. The van der Waals surface area contributed by atoms with Crippen LogP contribution in [0.1, 0.15) is 10.4 Å². The van der Waals surface area contributed by atoms with Crippen LogP contribution in [0.15, 0.2) is 40.9 Å². The Morgan fingerprint density at radius 3 is 2.70 bits per heavy atom. The van der Waals surface area contributed by atoms with Gasteiger partial charge in [0, 0.05) is 10.0 Å². The highest BCUT2D eigenvalue weighted by atomic mass is 79.9. The lowest BCUT2D eigenvalue weighted by Gasteiger charge is -2.09. The van der Waals surface area contributed by atoms with Crippen LogP contribution in [-0.4, -0.2) is 13.0 Å². The summed E-state index contributed by atoms with van der Waals surface area (Å²) in [4.78, 5) is 12.1. The first-order valence-electron chi connectivity index (χ1n) is 5.71. The molecule has 0 heterocycles. The van der Waals surface area contributed by atoms with Crippen LogP contribution in [-0.2, 0) is 0 Å². The number of benzene rings is 2. The van der Waals surface area contributed by atoms with E-state index in [4.69, 9.17) is 10.5 Å². The molecule has 0 aliphatic rings. The summed E-state index contributed by atoms with van der Waals surface area (Å²) >= 11 is 3.28. The summed E-state index contributed by atoms with van der Waals surface area (Å²) in [7, 11) is 1.34. The van der Waals surface area contributed by atoms with Gasteiger partial charge in [0.25, 0.3) is 5.91 Å². The molecule has 0 atom stereocenters. The molecule has 0 saturated heterocycles. The van der Waals surface area contributed by atoms with Crippen LogP contribution in [0, 0.1) is 5.82 Å². The summed E-state index contributed by atoms with van der Waals surface area (Å²) in [6.07, 6.45) is 0. The Kier molecular flexibility index (Phi) is 4.24. The van der Waals surface area contributed by atoms with E-state index in [0.717, 1.165) is 4.47 Å². The molecule has 0 bridgehead atoms. The number of hydrogen-bond donors (Lipinski definition) is 2. The van der Waals surface area contributed by atoms with Crippen molar-refractivity contribution in [2.75, 3.05) is 18.2 Å². The number of carbonyl (C=O) groups excluding carboxylic acids is 1. The number of anilines is 2. The highest BCUT2D eigenvalue weighted by molar-refractivity contribution is 9.10. The summed E-state index contributed by atoms with van der Waals surface area (Å²) in [5, 5.41) is 2.66. The lowest BCUT2D eigenvalue weighted by Crippen LogP contribution is -2.13. The molecule has 0 spiro atoms. The molecule has 0 unspecified atom stereocenters. The molecule has 20 heavy (non-hydrogen) atoms. The Morgan fingerprint density at radius 2 is 2.05 bits per heavy atom. The molecule has 2 aromatic rings. The first kappa shape index (κ1) is 14.3. The smallest absolute Gasteiger partial charge is 0.255 e. The van der Waals surface area contributed by atoms with Crippen molar-refractivity contribution < 1.29 is 13.9 Å². The second-order valence-corrected chi connectivity index (χ2v) is 4.95. The molecular formula is C14H12BrFN2O2. The van der Waals surface area contributed by atoms with Gasteiger partial charge in [0.1, 0.15) is 0 Å². The second kappa shape index (κ2) is 5.92. The molecular weight excluding hydrogens is 327 g/mol. The van der Waals surface area contributed by atoms with Gasteiger partial charge in [0.05, 0.1) is 18.5 Å². The number of nitrogens with one attached hydrogen (secondary N) is 1. The molecule has 6 heteroatoms. The van der Waals surface area contributed by atoms with Crippen molar-refractivity contribution in [1.82, 2.24) is 0 Å². The fourth-order valence-electron chi connectivity index (χ4n) is 1.64. The zero-order valence-corrected chi connectivity index (χ0v) is 12.2. The third-order valence-electron chi connectivity index (χ3n) is 2.68. The average Bonchev–Trinajstić information content (AvgIpc) is 2.42. The van der Waals surface area contributed by atoms with Crippen LogP contribution in [0.3, 0.4) is 0 Å². The molecule has 0 fully saturated rings. The molecule has 4 nitrogen and oxygen atoms in total. The summed E-state index contributed by atoms with van der Waals surface area (Å²) < 4.78 is 18.9. The molecule has 3 N–H and O–H groups in total. The molecule has 2 rings (SSSR count). The van der Waals surface area contributed by atoms with Gasteiger partial charge < -0.3 is 15.8 Å². The highest BCUT2D eigenvalue weighted by Crippen LogP contribution is 2.24. The predicted molar refractivity (Wildman–Crippen MR) is 79.5 cm³/mol. The van der Waals surface area contributed by atoms with Crippen molar-refractivity contribution in [3.8, 4) is 5.75 Å². The standard InChI is InChI=1S/C14H12BrFN2O2/c1-20-13-6-8(2-4-10(13)16)14(19)18-12-5-3-9(15)7-11(12)17/h2-7H,17H2,1H3,(H,18,19). The van der Waals surface area contributed by atoms with Gasteiger partial charge in [-0.3, -0.25) is 4.79 Å². The first-order chi connectivity index (χ1) is 9.51. The molecule has 104 valence electrons. The van der Waals surface area contributed by atoms with E-state index in [1.165, 1.54) is 25.3 Å². The van der Waals surface area contributed by atoms with Crippen LogP contribution >= 0.6 is 15.9 Å². The number of amides is 1. The number of hydrogen-bond acceptors (Lipinski definition) is 3.